The Morgan fingerprint density at radius 2 is 1.85 bits per heavy atom. The van der Waals surface area contributed by atoms with Crippen LogP contribution in [0.1, 0.15) is 10.5 Å². The summed E-state index contributed by atoms with van der Waals surface area (Å²) < 4.78 is 11.2. The van der Waals surface area contributed by atoms with E-state index in [9.17, 15) is 19.5 Å². The summed E-state index contributed by atoms with van der Waals surface area (Å²) in [6, 6.07) is 11.0. The van der Waals surface area contributed by atoms with E-state index in [4.69, 9.17) is 9.47 Å². The number of benzene rings is 2. The lowest BCUT2D eigenvalue weighted by molar-refractivity contribution is -0.255. The predicted molar refractivity (Wildman–Crippen MR) is 91.5 cm³/mol. The first-order valence-electron chi connectivity index (χ1n) is 7.93. The lowest BCUT2D eigenvalue weighted by atomic mass is 10.1. The van der Waals surface area contributed by atoms with Gasteiger partial charge in [0.05, 0.1) is 11.4 Å². The van der Waals surface area contributed by atoms with Crippen molar-refractivity contribution < 1.29 is 24.2 Å². The highest BCUT2D eigenvalue weighted by Gasteiger charge is 2.16. The van der Waals surface area contributed by atoms with E-state index in [-0.39, 0.29) is 17.6 Å². The number of hydrogen-bond acceptors (Lipinski definition) is 7. The number of carboxylic acids is 1. The zero-order valence-electron chi connectivity index (χ0n) is 13.8. The number of amides is 1. The van der Waals surface area contributed by atoms with Crippen LogP contribution in [0.15, 0.2) is 47.3 Å². The van der Waals surface area contributed by atoms with E-state index in [0.717, 1.165) is 4.68 Å². The summed E-state index contributed by atoms with van der Waals surface area (Å²) in [5.74, 6) is -1.02. The number of nitrogens with one attached hydrogen (secondary N) is 1. The molecular formula is C18H12N3O6-. The molecule has 0 aliphatic carbocycles. The third kappa shape index (κ3) is 3.06. The van der Waals surface area contributed by atoms with Crippen molar-refractivity contribution in [2.75, 3.05) is 12.1 Å². The number of carboxylic acid groups (broad SMARTS) is 1. The summed E-state index contributed by atoms with van der Waals surface area (Å²) in [5, 5.41) is 18.0. The molecule has 0 unspecified atom stereocenters. The minimum atomic E-state index is -1.53. The fourth-order valence-electron chi connectivity index (χ4n) is 2.80. The van der Waals surface area contributed by atoms with Crippen molar-refractivity contribution in [3.05, 3.63) is 58.5 Å². The molecule has 27 heavy (non-hydrogen) atoms. The number of carbonyl (C=O) groups excluding carboxylic acids is 2. The zero-order valence-corrected chi connectivity index (χ0v) is 13.8. The molecule has 1 amide bonds. The molecule has 0 radical (unpaired) electrons. The van der Waals surface area contributed by atoms with E-state index in [1.54, 1.807) is 30.3 Å². The van der Waals surface area contributed by atoms with Gasteiger partial charge in [0.25, 0.3) is 5.56 Å². The maximum absolute atomic E-state index is 12.5. The summed E-state index contributed by atoms with van der Waals surface area (Å²) >= 11 is 0. The molecule has 9 heteroatoms. The molecule has 0 fully saturated rings. The summed E-state index contributed by atoms with van der Waals surface area (Å²) in [7, 11) is 0. The van der Waals surface area contributed by atoms with Gasteiger partial charge in [0.1, 0.15) is 12.2 Å². The fourth-order valence-corrected chi connectivity index (χ4v) is 2.80. The van der Waals surface area contributed by atoms with Gasteiger partial charge >= 0.3 is 0 Å². The van der Waals surface area contributed by atoms with Crippen LogP contribution in [0.4, 0.5) is 5.69 Å². The van der Waals surface area contributed by atoms with E-state index in [1.807, 2.05) is 0 Å². The number of rotatable bonds is 4. The molecule has 0 spiro atoms. The molecule has 9 nitrogen and oxygen atoms in total. The molecule has 2 aromatic carbocycles. The van der Waals surface area contributed by atoms with Gasteiger partial charge < -0.3 is 24.7 Å². The monoisotopic (exact) mass is 366 g/mol. The highest BCUT2D eigenvalue weighted by molar-refractivity contribution is 6.00. The number of nitrogens with zero attached hydrogens (tertiary/aromatic N) is 2. The molecular weight excluding hydrogens is 354 g/mol. The molecule has 0 saturated heterocycles. The number of carbonyl (C=O) groups is 2. The average molecular weight is 366 g/mol. The van der Waals surface area contributed by atoms with Gasteiger partial charge in [0.15, 0.2) is 11.5 Å². The Morgan fingerprint density at radius 1 is 1.11 bits per heavy atom. The molecule has 136 valence electrons. The Hall–Kier alpha value is -3.88. The first-order valence-corrected chi connectivity index (χ1v) is 7.93. The first kappa shape index (κ1) is 16.6. The Bertz CT molecular complexity index is 1140. The smallest absolute Gasteiger partial charge is 0.275 e. The van der Waals surface area contributed by atoms with Crippen molar-refractivity contribution >= 4 is 28.3 Å². The van der Waals surface area contributed by atoms with Crippen molar-refractivity contribution in [3.8, 4) is 11.5 Å². The van der Waals surface area contributed by atoms with Crippen molar-refractivity contribution in [1.29, 1.82) is 0 Å². The van der Waals surface area contributed by atoms with E-state index < -0.39 is 29.7 Å². The zero-order chi connectivity index (χ0) is 19.0. The molecule has 1 aromatic heterocycles. The fraction of sp³-hybridized carbons (Fsp3) is 0.111. The van der Waals surface area contributed by atoms with Crippen LogP contribution in [-0.2, 0) is 11.3 Å². The standard InChI is InChI=1S/C18H13N3O6/c22-15(19-10-5-6-13-14(7-10)27-9-26-13)8-21-17(23)12-4-2-1-3-11(12)16(20-21)18(24)25/h1-7H,8-9H2,(H,19,22)(H,24,25)/p-1. The van der Waals surface area contributed by atoms with Gasteiger partial charge in [-0.05, 0) is 18.2 Å². The van der Waals surface area contributed by atoms with Gasteiger partial charge in [0.2, 0.25) is 12.7 Å². The van der Waals surface area contributed by atoms with E-state index >= 15 is 0 Å². The third-order valence-electron chi connectivity index (χ3n) is 4.01. The minimum Gasteiger partial charge on any atom is -0.543 e. The third-order valence-corrected chi connectivity index (χ3v) is 4.01. The molecule has 3 aromatic rings. The van der Waals surface area contributed by atoms with Gasteiger partial charge in [0, 0.05) is 17.1 Å². The van der Waals surface area contributed by atoms with Crippen LogP contribution in [0.2, 0.25) is 0 Å². The van der Waals surface area contributed by atoms with Crippen LogP contribution in [-0.4, -0.2) is 28.4 Å². The van der Waals surface area contributed by atoms with Crippen molar-refractivity contribution in [1.82, 2.24) is 9.78 Å². The second-order valence-electron chi connectivity index (χ2n) is 5.76. The molecule has 2 heterocycles. The lowest BCUT2D eigenvalue weighted by Crippen LogP contribution is -2.34. The number of aromatic carboxylic acids is 1. The predicted octanol–water partition coefficient (Wildman–Crippen LogP) is 0.127. The van der Waals surface area contributed by atoms with Crippen molar-refractivity contribution in [2.24, 2.45) is 0 Å². The van der Waals surface area contributed by atoms with Crippen LogP contribution < -0.4 is 25.5 Å². The quantitative estimate of drug-likeness (QED) is 0.696. The van der Waals surface area contributed by atoms with Gasteiger partial charge in [-0.25, -0.2) is 4.68 Å². The maximum atomic E-state index is 12.5. The largest absolute Gasteiger partial charge is 0.543 e. The Labute approximate surface area is 151 Å². The van der Waals surface area contributed by atoms with E-state index in [0.29, 0.717) is 17.2 Å². The van der Waals surface area contributed by atoms with Crippen molar-refractivity contribution in [2.45, 2.75) is 6.54 Å². The van der Waals surface area contributed by atoms with Crippen LogP contribution in [0.5, 0.6) is 11.5 Å². The summed E-state index contributed by atoms with van der Waals surface area (Å²) in [4.78, 5) is 36.2. The van der Waals surface area contributed by atoms with Gasteiger partial charge in [-0.15, -0.1) is 0 Å². The SMILES string of the molecule is O=C(Cn1nc(C(=O)[O-])c2ccccc2c1=O)Nc1ccc2c(c1)OCO2. The molecule has 1 aliphatic rings. The summed E-state index contributed by atoms with van der Waals surface area (Å²) in [6.07, 6.45) is 0. The topological polar surface area (TPSA) is 123 Å². The molecule has 0 bridgehead atoms. The molecule has 4 rings (SSSR count). The second-order valence-corrected chi connectivity index (χ2v) is 5.76. The molecule has 1 aliphatic heterocycles. The minimum absolute atomic E-state index is 0.106. The highest BCUT2D eigenvalue weighted by atomic mass is 16.7. The van der Waals surface area contributed by atoms with Gasteiger partial charge in [-0.3, -0.25) is 9.59 Å². The molecule has 0 saturated carbocycles. The van der Waals surface area contributed by atoms with Crippen LogP contribution >= 0.6 is 0 Å². The number of hydrogen-bond donors (Lipinski definition) is 1. The number of fused-ring (bicyclic) bond motifs is 2. The van der Waals surface area contributed by atoms with Gasteiger partial charge in [-0.1, -0.05) is 18.2 Å². The van der Waals surface area contributed by atoms with Gasteiger partial charge in [-0.2, -0.15) is 5.10 Å². The number of anilines is 1. The summed E-state index contributed by atoms with van der Waals surface area (Å²) in [5.41, 5.74) is -0.532. The molecule has 1 N–H and O–H groups in total. The van der Waals surface area contributed by atoms with Crippen LogP contribution in [0.3, 0.4) is 0 Å². The Morgan fingerprint density at radius 3 is 2.63 bits per heavy atom. The van der Waals surface area contributed by atoms with Crippen LogP contribution in [0, 0.1) is 0 Å². The Kier molecular flexibility index (Phi) is 3.96. The highest BCUT2D eigenvalue weighted by Crippen LogP contribution is 2.34. The first-order chi connectivity index (χ1) is 13.0. The number of ether oxygens (including phenoxy) is 2. The van der Waals surface area contributed by atoms with E-state index in [1.165, 1.54) is 12.1 Å². The normalized spacial score (nSPS) is 12.1. The number of aromatic nitrogens is 2. The average Bonchev–Trinajstić information content (AvgIpc) is 3.11. The molecule has 0 atom stereocenters. The van der Waals surface area contributed by atoms with E-state index in [2.05, 4.69) is 10.4 Å². The van der Waals surface area contributed by atoms with Crippen molar-refractivity contribution in [3.63, 3.8) is 0 Å². The van der Waals surface area contributed by atoms with Crippen LogP contribution in [0.25, 0.3) is 10.8 Å². The second kappa shape index (κ2) is 6.45. The Balaban J connectivity index is 1.63. The maximum Gasteiger partial charge on any atom is 0.275 e. The summed E-state index contributed by atoms with van der Waals surface area (Å²) in [6.45, 7) is -0.354. The lowest BCUT2D eigenvalue weighted by Gasteiger charge is -2.12.